The van der Waals surface area contributed by atoms with Gasteiger partial charge in [-0.05, 0) is 32.2 Å². The number of rotatable bonds is 6. The number of hydrogen-bond donors (Lipinski definition) is 1. The molecule has 2 amide bonds. The molecule has 0 unspecified atom stereocenters. The van der Waals surface area contributed by atoms with Crippen LogP contribution in [0.15, 0.2) is 12.7 Å². The van der Waals surface area contributed by atoms with Gasteiger partial charge in [-0.1, -0.05) is 18.9 Å². The van der Waals surface area contributed by atoms with Crippen molar-refractivity contribution in [1.29, 1.82) is 0 Å². The number of nitrogens with two attached hydrogens (primary N) is 1. The average Bonchev–Trinajstić information content (AvgIpc) is 2.97. The van der Waals surface area contributed by atoms with E-state index in [-0.39, 0.29) is 24.3 Å². The molecule has 1 heterocycles. The van der Waals surface area contributed by atoms with Crippen molar-refractivity contribution in [3.8, 4) is 0 Å². The minimum Gasteiger partial charge on any atom is -0.369 e. The quantitative estimate of drug-likeness (QED) is 0.747. The Bertz CT molecular complexity index is 391. The van der Waals surface area contributed by atoms with Crippen LogP contribution in [0.5, 0.6) is 0 Å². The van der Waals surface area contributed by atoms with Crippen molar-refractivity contribution in [1.82, 2.24) is 9.80 Å². The molecule has 2 rings (SSSR count). The van der Waals surface area contributed by atoms with Gasteiger partial charge in [-0.3, -0.25) is 14.5 Å². The van der Waals surface area contributed by atoms with Crippen LogP contribution in [0.3, 0.4) is 0 Å². The summed E-state index contributed by atoms with van der Waals surface area (Å²) in [6.45, 7) is 6.20. The molecule has 2 N–H and O–H groups in total. The van der Waals surface area contributed by atoms with Crippen LogP contribution in [0, 0.1) is 5.92 Å². The second-order valence-corrected chi connectivity index (χ2v) is 6.26. The Balaban J connectivity index is 1.98. The summed E-state index contributed by atoms with van der Waals surface area (Å²) < 4.78 is 0. The molecule has 0 bridgehead atoms. The molecule has 0 aromatic heterocycles. The highest BCUT2D eigenvalue weighted by Gasteiger charge is 2.33. The maximum atomic E-state index is 12.8. The smallest absolute Gasteiger partial charge is 0.231 e. The van der Waals surface area contributed by atoms with Gasteiger partial charge in [-0.25, -0.2) is 0 Å². The van der Waals surface area contributed by atoms with Gasteiger partial charge in [-0.15, -0.1) is 6.58 Å². The lowest BCUT2D eigenvalue weighted by Crippen LogP contribution is -2.49. The second kappa shape index (κ2) is 7.59. The first kappa shape index (κ1) is 16.0. The highest BCUT2D eigenvalue weighted by Crippen LogP contribution is 2.27. The minimum atomic E-state index is -0.318. The predicted molar refractivity (Wildman–Crippen MR) is 82.5 cm³/mol. The van der Waals surface area contributed by atoms with E-state index in [0.717, 1.165) is 32.2 Å². The molecule has 1 aliphatic heterocycles. The molecule has 2 aliphatic rings. The van der Waals surface area contributed by atoms with E-state index in [9.17, 15) is 9.59 Å². The van der Waals surface area contributed by atoms with Crippen molar-refractivity contribution in [2.75, 3.05) is 26.2 Å². The van der Waals surface area contributed by atoms with E-state index in [0.29, 0.717) is 19.1 Å². The van der Waals surface area contributed by atoms with Crippen molar-refractivity contribution in [2.24, 2.45) is 11.7 Å². The van der Waals surface area contributed by atoms with Crippen molar-refractivity contribution in [3.63, 3.8) is 0 Å². The van der Waals surface area contributed by atoms with Crippen molar-refractivity contribution < 1.29 is 9.59 Å². The van der Waals surface area contributed by atoms with E-state index in [1.807, 2.05) is 15.9 Å². The van der Waals surface area contributed by atoms with Gasteiger partial charge in [0.1, 0.15) is 0 Å². The van der Waals surface area contributed by atoms with E-state index in [2.05, 4.69) is 6.58 Å². The monoisotopic (exact) mass is 293 g/mol. The van der Waals surface area contributed by atoms with Crippen molar-refractivity contribution in [3.05, 3.63) is 12.7 Å². The third-order valence-electron chi connectivity index (χ3n) is 4.61. The normalized spacial score (nSPS) is 23.9. The molecule has 1 saturated heterocycles. The molecule has 21 heavy (non-hydrogen) atoms. The first-order valence-electron chi connectivity index (χ1n) is 8.04. The van der Waals surface area contributed by atoms with Crippen LogP contribution < -0.4 is 5.73 Å². The zero-order valence-corrected chi connectivity index (χ0v) is 12.8. The molecule has 1 saturated carbocycles. The number of carbonyl (C=O) groups excluding carboxylic acids is 2. The van der Waals surface area contributed by atoms with Crippen LogP contribution in [0.4, 0.5) is 0 Å². The van der Waals surface area contributed by atoms with E-state index < -0.39 is 0 Å². The molecule has 5 nitrogen and oxygen atoms in total. The molecule has 2 fully saturated rings. The minimum absolute atomic E-state index is 0.00125. The summed E-state index contributed by atoms with van der Waals surface area (Å²) in [5.41, 5.74) is 5.26. The number of primary amides is 1. The average molecular weight is 293 g/mol. The Hall–Kier alpha value is -1.36. The van der Waals surface area contributed by atoms with Crippen LogP contribution >= 0.6 is 0 Å². The number of likely N-dealkylation sites (tertiary alicyclic amines) is 1. The van der Waals surface area contributed by atoms with Crippen LogP contribution in [0.25, 0.3) is 0 Å². The van der Waals surface area contributed by atoms with E-state index >= 15 is 0 Å². The molecule has 5 heteroatoms. The van der Waals surface area contributed by atoms with Gasteiger partial charge in [-0.2, -0.15) is 0 Å². The summed E-state index contributed by atoms with van der Waals surface area (Å²) >= 11 is 0. The molecule has 0 aromatic rings. The zero-order valence-electron chi connectivity index (χ0n) is 12.8. The van der Waals surface area contributed by atoms with E-state index in [4.69, 9.17) is 5.73 Å². The molecule has 118 valence electrons. The predicted octanol–water partition coefficient (Wildman–Crippen LogP) is 1.14. The van der Waals surface area contributed by atoms with Gasteiger partial charge in [0.05, 0.1) is 12.5 Å². The fourth-order valence-electron chi connectivity index (χ4n) is 3.63. The molecule has 1 atom stereocenters. The Morgan fingerprint density at radius 1 is 1.24 bits per heavy atom. The van der Waals surface area contributed by atoms with E-state index in [1.165, 1.54) is 12.8 Å². The lowest BCUT2D eigenvalue weighted by molar-refractivity contribution is -0.139. The molecule has 1 aliphatic carbocycles. The van der Waals surface area contributed by atoms with Crippen molar-refractivity contribution >= 4 is 11.8 Å². The molecule has 0 aromatic carbocycles. The summed E-state index contributed by atoms with van der Waals surface area (Å²) in [4.78, 5) is 27.9. The van der Waals surface area contributed by atoms with Crippen molar-refractivity contribution in [2.45, 2.75) is 44.6 Å². The lowest BCUT2D eigenvalue weighted by Gasteiger charge is -2.36. The fourth-order valence-corrected chi connectivity index (χ4v) is 3.63. The van der Waals surface area contributed by atoms with E-state index in [1.54, 1.807) is 0 Å². The molecular formula is C16H27N3O2. The Morgan fingerprint density at radius 2 is 1.95 bits per heavy atom. The zero-order chi connectivity index (χ0) is 15.2. The van der Waals surface area contributed by atoms with Crippen LogP contribution in [0.1, 0.15) is 38.5 Å². The maximum Gasteiger partial charge on any atom is 0.231 e. The number of carbonyl (C=O) groups is 2. The number of nitrogens with zero attached hydrogens (tertiary/aromatic N) is 2. The fraction of sp³-hybridized carbons (Fsp3) is 0.750. The highest BCUT2D eigenvalue weighted by atomic mass is 16.2. The maximum absolute atomic E-state index is 12.8. The van der Waals surface area contributed by atoms with Gasteiger partial charge in [0.25, 0.3) is 0 Å². The standard InChI is InChI=1S/C16H27N3O2/c1-2-9-19(14-7-3-4-8-14)16(21)13-6-5-10-18(11-13)12-15(17)20/h2,13-14H,1,3-12H2,(H2,17,20)/t13-/m1/s1. The third-order valence-corrected chi connectivity index (χ3v) is 4.61. The van der Waals surface area contributed by atoms with Gasteiger partial charge >= 0.3 is 0 Å². The molecular weight excluding hydrogens is 266 g/mol. The van der Waals surface area contributed by atoms with Gasteiger partial charge < -0.3 is 10.6 Å². The lowest BCUT2D eigenvalue weighted by atomic mass is 9.95. The Kier molecular flexibility index (Phi) is 5.79. The Morgan fingerprint density at radius 3 is 2.57 bits per heavy atom. The van der Waals surface area contributed by atoms with Crippen LogP contribution in [-0.2, 0) is 9.59 Å². The first-order valence-corrected chi connectivity index (χ1v) is 8.04. The summed E-state index contributed by atoms with van der Waals surface area (Å²) in [5, 5.41) is 0. The van der Waals surface area contributed by atoms with Crippen LogP contribution in [0.2, 0.25) is 0 Å². The summed E-state index contributed by atoms with van der Waals surface area (Å²) in [6.07, 6.45) is 8.33. The Labute approximate surface area is 127 Å². The van der Waals surface area contributed by atoms with Gasteiger partial charge in [0.2, 0.25) is 11.8 Å². The molecule has 0 radical (unpaired) electrons. The largest absolute Gasteiger partial charge is 0.369 e. The first-order chi connectivity index (χ1) is 10.1. The SMILES string of the molecule is C=CCN(C(=O)[C@@H]1CCCN(CC(N)=O)C1)C1CCCC1. The van der Waals surface area contributed by atoms with Crippen LogP contribution in [-0.4, -0.2) is 53.8 Å². The highest BCUT2D eigenvalue weighted by molar-refractivity contribution is 5.80. The topological polar surface area (TPSA) is 66.6 Å². The second-order valence-electron chi connectivity index (χ2n) is 6.26. The summed E-state index contributed by atoms with van der Waals surface area (Å²) in [5.74, 6) is -0.0866. The van der Waals surface area contributed by atoms with Gasteiger partial charge in [0.15, 0.2) is 0 Å². The number of amides is 2. The number of piperidine rings is 1. The summed E-state index contributed by atoms with van der Waals surface area (Å²) in [6, 6.07) is 0.377. The molecule has 0 spiro atoms. The van der Waals surface area contributed by atoms with Gasteiger partial charge in [0, 0.05) is 19.1 Å². The summed E-state index contributed by atoms with van der Waals surface area (Å²) in [7, 11) is 0. The third kappa shape index (κ3) is 4.30. The number of hydrogen-bond acceptors (Lipinski definition) is 3.